The van der Waals surface area contributed by atoms with Crippen LogP contribution in [0.15, 0.2) is 78.9 Å². The number of carbonyl (C=O) groups is 1. The van der Waals surface area contributed by atoms with Crippen LogP contribution in [0.3, 0.4) is 0 Å². The third kappa shape index (κ3) is 6.20. The van der Waals surface area contributed by atoms with E-state index in [1.165, 1.54) is 16.1 Å². The van der Waals surface area contributed by atoms with Gasteiger partial charge in [0.1, 0.15) is 0 Å². The molecule has 5 nitrogen and oxygen atoms in total. The second kappa shape index (κ2) is 10.5. The number of amides is 1. The molecule has 0 spiro atoms. The summed E-state index contributed by atoms with van der Waals surface area (Å²) in [5, 5.41) is 2.97. The van der Waals surface area contributed by atoms with Crippen LogP contribution in [0.2, 0.25) is 0 Å². The molecule has 0 fully saturated rings. The number of nitrogens with zero attached hydrogens (tertiary/aromatic N) is 1. The summed E-state index contributed by atoms with van der Waals surface area (Å²) in [6.45, 7) is 4.88. The summed E-state index contributed by atoms with van der Waals surface area (Å²) in [6, 6.07) is 24.7. The van der Waals surface area contributed by atoms with Gasteiger partial charge in [0.25, 0.3) is 5.91 Å². The van der Waals surface area contributed by atoms with Gasteiger partial charge in [0.15, 0.2) is 0 Å². The maximum atomic E-state index is 12.5. The highest BCUT2D eigenvalue weighted by Crippen LogP contribution is 2.22. The standard InChI is InChI=1S/C26H30N2O3S/c1-4-21-12-16-25(17-13-21)28(32(3,30)31)19-22-10-14-24(15-11-22)26(29)27-18-20(2)23-8-6-5-7-9-23/h5-17,20H,4,18-19H2,1-3H3,(H,27,29). The zero-order chi connectivity index (χ0) is 23.1. The zero-order valence-corrected chi connectivity index (χ0v) is 19.6. The summed E-state index contributed by atoms with van der Waals surface area (Å²) in [6.07, 6.45) is 2.10. The number of nitrogens with one attached hydrogen (secondary N) is 1. The summed E-state index contributed by atoms with van der Waals surface area (Å²) in [5.74, 6) is 0.0660. The monoisotopic (exact) mass is 450 g/mol. The van der Waals surface area contributed by atoms with Gasteiger partial charge in [0, 0.05) is 12.1 Å². The molecule has 1 atom stereocenters. The first-order chi connectivity index (χ1) is 15.3. The van der Waals surface area contributed by atoms with Crippen molar-refractivity contribution in [2.75, 3.05) is 17.1 Å². The van der Waals surface area contributed by atoms with Gasteiger partial charge >= 0.3 is 0 Å². The largest absolute Gasteiger partial charge is 0.351 e. The van der Waals surface area contributed by atoms with E-state index in [0.29, 0.717) is 17.8 Å². The molecule has 3 rings (SSSR count). The molecule has 1 N–H and O–H groups in total. The van der Waals surface area contributed by atoms with E-state index in [1.54, 1.807) is 24.3 Å². The second-order valence-electron chi connectivity index (χ2n) is 8.01. The number of aryl methyl sites for hydroxylation is 1. The molecule has 0 aliphatic heterocycles. The normalized spacial score (nSPS) is 12.2. The van der Waals surface area contributed by atoms with Crippen LogP contribution in [0, 0.1) is 0 Å². The Balaban J connectivity index is 1.66. The zero-order valence-electron chi connectivity index (χ0n) is 18.8. The lowest BCUT2D eigenvalue weighted by Gasteiger charge is -2.23. The van der Waals surface area contributed by atoms with E-state index in [1.807, 2.05) is 42.5 Å². The average molecular weight is 451 g/mol. The molecule has 0 radical (unpaired) electrons. The molecule has 0 aliphatic carbocycles. The smallest absolute Gasteiger partial charge is 0.251 e. The van der Waals surface area contributed by atoms with Crippen LogP contribution in [-0.2, 0) is 23.0 Å². The van der Waals surface area contributed by atoms with Gasteiger partial charge in [-0.1, -0.05) is 68.4 Å². The molecule has 32 heavy (non-hydrogen) atoms. The topological polar surface area (TPSA) is 66.5 Å². The van der Waals surface area contributed by atoms with Crippen molar-refractivity contribution in [1.82, 2.24) is 5.32 Å². The summed E-state index contributed by atoms with van der Waals surface area (Å²) in [4.78, 5) is 12.5. The molecule has 3 aromatic carbocycles. The molecule has 0 aromatic heterocycles. The molecule has 1 unspecified atom stereocenters. The second-order valence-corrected chi connectivity index (χ2v) is 9.92. The molecule has 3 aromatic rings. The van der Waals surface area contributed by atoms with E-state index in [-0.39, 0.29) is 18.4 Å². The van der Waals surface area contributed by atoms with Gasteiger partial charge in [0.05, 0.1) is 18.5 Å². The Bertz CT molecular complexity index is 1130. The Morgan fingerprint density at radius 1 is 0.906 bits per heavy atom. The lowest BCUT2D eigenvalue weighted by Crippen LogP contribution is -2.29. The van der Waals surface area contributed by atoms with Crippen molar-refractivity contribution in [2.45, 2.75) is 32.7 Å². The summed E-state index contributed by atoms with van der Waals surface area (Å²) < 4.78 is 26.2. The van der Waals surface area contributed by atoms with E-state index in [4.69, 9.17) is 0 Å². The maximum absolute atomic E-state index is 12.5. The van der Waals surface area contributed by atoms with Crippen molar-refractivity contribution in [3.63, 3.8) is 0 Å². The van der Waals surface area contributed by atoms with Gasteiger partial charge in [-0.2, -0.15) is 0 Å². The fraction of sp³-hybridized carbons (Fsp3) is 0.269. The van der Waals surface area contributed by atoms with Gasteiger partial charge in [-0.25, -0.2) is 8.42 Å². The van der Waals surface area contributed by atoms with E-state index < -0.39 is 10.0 Å². The minimum atomic E-state index is -3.45. The minimum absolute atomic E-state index is 0.144. The van der Waals surface area contributed by atoms with Crippen LogP contribution >= 0.6 is 0 Å². The molecule has 0 bridgehead atoms. The Morgan fingerprint density at radius 2 is 1.50 bits per heavy atom. The van der Waals surface area contributed by atoms with Crippen molar-refractivity contribution >= 4 is 21.6 Å². The highest BCUT2D eigenvalue weighted by atomic mass is 32.2. The van der Waals surface area contributed by atoms with Crippen molar-refractivity contribution in [3.05, 3.63) is 101 Å². The minimum Gasteiger partial charge on any atom is -0.351 e. The summed E-state index contributed by atoms with van der Waals surface area (Å²) in [5.41, 5.74) is 4.31. The quantitative estimate of drug-likeness (QED) is 0.512. The molecule has 1 amide bonds. The van der Waals surface area contributed by atoms with Crippen LogP contribution in [-0.4, -0.2) is 27.1 Å². The Hall–Kier alpha value is -3.12. The average Bonchev–Trinajstić information content (AvgIpc) is 2.81. The van der Waals surface area contributed by atoms with Gasteiger partial charge in [-0.05, 0) is 53.3 Å². The number of sulfonamides is 1. The van der Waals surface area contributed by atoms with Crippen molar-refractivity contribution in [1.29, 1.82) is 0 Å². The van der Waals surface area contributed by atoms with Gasteiger partial charge < -0.3 is 5.32 Å². The van der Waals surface area contributed by atoms with E-state index in [0.717, 1.165) is 17.5 Å². The summed E-state index contributed by atoms with van der Waals surface area (Å²) >= 11 is 0. The molecule has 0 aliphatic rings. The van der Waals surface area contributed by atoms with Crippen LogP contribution < -0.4 is 9.62 Å². The number of rotatable bonds is 9. The van der Waals surface area contributed by atoms with E-state index in [9.17, 15) is 13.2 Å². The van der Waals surface area contributed by atoms with Gasteiger partial charge in [-0.15, -0.1) is 0 Å². The van der Waals surface area contributed by atoms with Crippen molar-refractivity contribution in [2.24, 2.45) is 0 Å². The summed E-state index contributed by atoms with van der Waals surface area (Å²) in [7, 11) is -3.45. The third-order valence-corrected chi connectivity index (χ3v) is 6.65. The highest BCUT2D eigenvalue weighted by Gasteiger charge is 2.18. The first-order valence-corrected chi connectivity index (χ1v) is 12.6. The molecule has 6 heteroatoms. The van der Waals surface area contributed by atoms with Crippen molar-refractivity contribution < 1.29 is 13.2 Å². The van der Waals surface area contributed by atoms with Gasteiger partial charge in [0.2, 0.25) is 10.0 Å². The lowest BCUT2D eigenvalue weighted by molar-refractivity contribution is 0.0951. The Labute approximate surface area is 191 Å². The molecular weight excluding hydrogens is 420 g/mol. The van der Waals surface area contributed by atoms with E-state index in [2.05, 4.69) is 31.3 Å². The van der Waals surface area contributed by atoms with Gasteiger partial charge in [-0.3, -0.25) is 9.10 Å². The third-order valence-electron chi connectivity index (χ3n) is 5.51. The predicted octanol–water partition coefficient (Wildman–Crippen LogP) is 4.75. The fourth-order valence-corrected chi connectivity index (χ4v) is 4.36. The molecule has 0 saturated carbocycles. The number of benzene rings is 3. The first kappa shape index (κ1) is 23.5. The number of anilines is 1. The fourth-order valence-electron chi connectivity index (χ4n) is 3.47. The first-order valence-electron chi connectivity index (χ1n) is 10.8. The van der Waals surface area contributed by atoms with Crippen LogP contribution in [0.1, 0.15) is 46.8 Å². The molecule has 0 heterocycles. The van der Waals surface area contributed by atoms with Crippen LogP contribution in [0.4, 0.5) is 5.69 Å². The highest BCUT2D eigenvalue weighted by molar-refractivity contribution is 7.92. The Kier molecular flexibility index (Phi) is 7.70. The van der Waals surface area contributed by atoms with E-state index >= 15 is 0 Å². The number of carbonyl (C=O) groups excluding carboxylic acids is 1. The molecular formula is C26H30N2O3S. The SMILES string of the molecule is CCc1ccc(N(Cc2ccc(C(=O)NCC(C)c3ccccc3)cc2)S(C)(=O)=O)cc1. The Morgan fingerprint density at radius 3 is 2.06 bits per heavy atom. The molecule has 0 saturated heterocycles. The lowest BCUT2D eigenvalue weighted by atomic mass is 10.0. The van der Waals surface area contributed by atoms with Crippen molar-refractivity contribution in [3.8, 4) is 0 Å². The molecule has 168 valence electrons. The number of hydrogen-bond donors (Lipinski definition) is 1. The maximum Gasteiger partial charge on any atom is 0.251 e. The predicted molar refractivity (Wildman–Crippen MR) is 130 cm³/mol. The van der Waals surface area contributed by atoms with Crippen LogP contribution in [0.5, 0.6) is 0 Å². The number of hydrogen-bond acceptors (Lipinski definition) is 3. The van der Waals surface area contributed by atoms with Crippen LogP contribution in [0.25, 0.3) is 0 Å².